The first kappa shape index (κ1) is 18.8. The molecule has 0 aliphatic heterocycles. The lowest BCUT2D eigenvalue weighted by Gasteiger charge is -2.14. The number of nitrogens with zero attached hydrogens (tertiary/aromatic N) is 2. The van der Waals surface area contributed by atoms with E-state index in [9.17, 15) is 9.59 Å². The van der Waals surface area contributed by atoms with Gasteiger partial charge in [0.15, 0.2) is 0 Å². The number of hydrogen-bond acceptors (Lipinski definition) is 4. The van der Waals surface area contributed by atoms with E-state index < -0.39 is 11.5 Å². The first-order valence-electron chi connectivity index (χ1n) is 9.83. The fraction of sp³-hybridized carbons (Fsp3) is 0.217. The second-order valence-corrected chi connectivity index (χ2v) is 7.06. The van der Waals surface area contributed by atoms with Crippen LogP contribution in [0.5, 0.6) is 0 Å². The number of nitrogens with one attached hydrogen (secondary N) is 2. The number of aromatic amines is 1. The number of benzene rings is 2. The molecule has 3 aromatic rings. The Labute approximate surface area is 168 Å². The van der Waals surface area contributed by atoms with Crippen LogP contribution in [0.15, 0.2) is 70.6 Å². The van der Waals surface area contributed by atoms with Gasteiger partial charge in [-0.05, 0) is 31.2 Å². The summed E-state index contributed by atoms with van der Waals surface area (Å²) in [5.74, 6) is -0.525. The molecule has 0 bridgehead atoms. The molecule has 6 heteroatoms. The molecule has 0 atom stereocenters. The number of aromatic nitrogens is 2. The smallest absolute Gasteiger partial charge is 0.267 e. The molecule has 0 unspecified atom stereocenters. The van der Waals surface area contributed by atoms with Crippen LogP contribution < -0.4 is 11.0 Å². The largest absolute Gasteiger partial charge is 0.277 e. The number of amides is 1. The van der Waals surface area contributed by atoms with Crippen LogP contribution in [0.4, 0.5) is 0 Å². The topological polar surface area (TPSA) is 87.2 Å². The van der Waals surface area contributed by atoms with Crippen molar-refractivity contribution in [2.24, 2.45) is 5.10 Å². The fourth-order valence-electron chi connectivity index (χ4n) is 3.62. The van der Waals surface area contributed by atoms with Crippen LogP contribution in [0.2, 0.25) is 0 Å². The molecule has 1 saturated carbocycles. The second kappa shape index (κ2) is 8.65. The van der Waals surface area contributed by atoms with Gasteiger partial charge in [-0.15, -0.1) is 0 Å². The van der Waals surface area contributed by atoms with E-state index in [0.717, 1.165) is 42.5 Å². The molecule has 4 rings (SSSR count). The van der Waals surface area contributed by atoms with Crippen molar-refractivity contribution in [3.05, 3.63) is 76.6 Å². The van der Waals surface area contributed by atoms with Crippen molar-refractivity contribution in [3.63, 3.8) is 0 Å². The summed E-state index contributed by atoms with van der Waals surface area (Å²) in [4.78, 5) is 25.7. The van der Waals surface area contributed by atoms with Gasteiger partial charge in [-0.2, -0.15) is 10.2 Å². The summed E-state index contributed by atoms with van der Waals surface area (Å²) in [6.07, 6.45) is 5.12. The molecule has 6 nitrogen and oxygen atoms in total. The van der Waals surface area contributed by atoms with Crippen LogP contribution in [-0.4, -0.2) is 21.8 Å². The Balaban J connectivity index is 1.82. The molecule has 1 heterocycles. The van der Waals surface area contributed by atoms with Gasteiger partial charge < -0.3 is 0 Å². The Kier molecular flexibility index (Phi) is 5.61. The third-order valence-electron chi connectivity index (χ3n) is 5.07. The molecule has 2 N–H and O–H groups in total. The van der Waals surface area contributed by atoms with E-state index in [1.54, 1.807) is 0 Å². The number of hydrazone groups is 1. The van der Waals surface area contributed by atoms with Gasteiger partial charge in [-0.25, -0.2) is 10.5 Å². The molecule has 1 aliphatic carbocycles. The Morgan fingerprint density at radius 1 is 0.897 bits per heavy atom. The number of hydrogen-bond donors (Lipinski definition) is 2. The molecular weight excluding hydrogens is 364 g/mol. The molecule has 1 aliphatic rings. The highest BCUT2D eigenvalue weighted by atomic mass is 16.2. The summed E-state index contributed by atoms with van der Waals surface area (Å²) in [5, 5.41) is 11.0. The maximum Gasteiger partial charge on any atom is 0.277 e. The van der Waals surface area contributed by atoms with E-state index >= 15 is 0 Å². The fourth-order valence-corrected chi connectivity index (χ4v) is 3.62. The monoisotopic (exact) mass is 386 g/mol. The van der Waals surface area contributed by atoms with Gasteiger partial charge in [0.2, 0.25) is 0 Å². The predicted molar refractivity (Wildman–Crippen MR) is 114 cm³/mol. The molecule has 0 radical (unpaired) electrons. The van der Waals surface area contributed by atoms with Crippen LogP contribution in [0, 0.1) is 0 Å². The molecule has 0 saturated heterocycles. The third kappa shape index (κ3) is 4.16. The van der Waals surface area contributed by atoms with Crippen molar-refractivity contribution < 1.29 is 4.79 Å². The van der Waals surface area contributed by atoms with E-state index in [1.165, 1.54) is 6.42 Å². The van der Waals surface area contributed by atoms with Crippen molar-refractivity contribution >= 4 is 11.6 Å². The standard InChI is InChI=1S/C23H22N4O2/c28-22(26-24-18-14-8-3-9-15-18)20-19(16-10-4-1-5-11-16)21(25-27-23(20)29)17-12-6-2-7-13-17/h1-2,4-7,10-13H,3,8-9,14-15H2,(H,26,28)(H,27,29). The van der Waals surface area contributed by atoms with Gasteiger partial charge in [-0.3, -0.25) is 9.59 Å². The van der Waals surface area contributed by atoms with E-state index in [-0.39, 0.29) is 5.56 Å². The molecule has 29 heavy (non-hydrogen) atoms. The van der Waals surface area contributed by atoms with Gasteiger partial charge in [0, 0.05) is 16.8 Å². The van der Waals surface area contributed by atoms with Crippen LogP contribution in [0.25, 0.3) is 22.4 Å². The molecule has 1 amide bonds. The summed E-state index contributed by atoms with van der Waals surface area (Å²) >= 11 is 0. The Hall–Kier alpha value is -3.54. The highest BCUT2D eigenvalue weighted by Crippen LogP contribution is 2.31. The molecule has 2 aromatic carbocycles. The van der Waals surface area contributed by atoms with Crippen LogP contribution >= 0.6 is 0 Å². The SMILES string of the molecule is O=C(NN=C1CCCCC1)c1c(-c2ccccc2)c(-c2ccccc2)n[nH]c1=O. The predicted octanol–water partition coefficient (Wildman–Crippen LogP) is 4.15. The number of H-pyrrole nitrogens is 1. The van der Waals surface area contributed by atoms with Gasteiger partial charge in [0.05, 0.1) is 5.69 Å². The molecule has 0 spiro atoms. The maximum absolute atomic E-state index is 13.0. The lowest BCUT2D eigenvalue weighted by Crippen LogP contribution is -2.29. The number of carbonyl (C=O) groups excluding carboxylic acids is 1. The Morgan fingerprint density at radius 2 is 1.52 bits per heavy atom. The van der Waals surface area contributed by atoms with Crippen LogP contribution in [0.1, 0.15) is 42.5 Å². The highest BCUT2D eigenvalue weighted by Gasteiger charge is 2.23. The normalized spacial score (nSPS) is 13.7. The second-order valence-electron chi connectivity index (χ2n) is 7.06. The molecular formula is C23H22N4O2. The molecule has 1 fully saturated rings. The summed E-state index contributed by atoms with van der Waals surface area (Å²) in [7, 11) is 0. The van der Waals surface area contributed by atoms with Crippen molar-refractivity contribution in [1.29, 1.82) is 0 Å². The minimum Gasteiger partial charge on any atom is -0.267 e. The first-order chi connectivity index (χ1) is 14.2. The Morgan fingerprint density at radius 3 is 2.17 bits per heavy atom. The van der Waals surface area contributed by atoms with Crippen molar-refractivity contribution in [2.75, 3.05) is 0 Å². The van der Waals surface area contributed by atoms with Crippen molar-refractivity contribution in [1.82, 2.24) is 15.6 Å². The lowest BCUT2D eigenvalue weighted by atomic mass is 9.95. The number of rotatable bonds is 4. The highest BCUT2D eigenvalue weighted by molar-refractivity contribution is 6.04. The molecule has 1 aromatic heterocycles. The van der Waals surface area contributed by atoms with Gasteiger partial charge in [0.1, 0.15) is 5.56 Å². The van der Waals surface area contributed by atoms with Crippen molar-refractivity contribution in [2.45, 2.75) is 32.1 Å². The zero-order chi connectivity index (χ0) is 20.1. The van der Waals surface area contributed by atoms with Crippen LogP contribution in [0.3, 0.4) is 0 Å². The van der Waals surface area contributed by atoms with Crippen molar-refractivity contribution in [3.8, 4) is 22.4 Å². The first-order valence-corrected chi connectivity index (χ1v) is 9.83. The number of carbonyl (C=O) groups is 1. The van der Waals surface area contributed by atoms with Gasteiger partial charge in [0.25, 0.3) is 11.5 Å². The summed E-state index contributed by atoms with van der Waals surface area (Å²) < 4.78 is 0. The van der Waals surface area contributed by atoms with Crippen LogP contribution in [-0.2, 0) is 0 Å². The summed E-state index contributed by atoms with van der Waals surface area (Å²) in [6, 6.07) is 18.9. The molecule has 146 valence electrons. The maximum atomic E-state index is 13.0. The van der Waals surface area contributed by atoms with E-state index in [4.69, 9.17) is 0 Å². The van der Waals surface area contributed by atoms with Gasteiger partial charge >= 0.3 is 0 Å². The average molecular weight is 386 g/mol. The summed E-state index contributed by atoms with van der Waals surface area (Å²) in [6.45, 7) is 0. The van der Waals surface area contributed by atoms with Gasteiger partial charge in [-0.1, -0.05) is 67.1 Å². The van der Waals surface area contributed by atoms with E-state index in [0.29, 0.717) is 11.3 Å². The zero-order valence-corrected chi connectivity index (χ0v) is 16.0. The zero-order valence-electron chi connectivity index (χ0n) is 16.0. The minimum atomic E-state index is -0.537. The lowest BCUT2D eigenvalue weighted by molar-refractivity contribution is 0.0953. The minimum absolute atomic E-state index is 0.0187. The van der Waals surface area contributed by atoms with E-state index in [1.807, 2.05) is 60.7 Å². The quantitative estimate of drug-likeness (QED) is 0.660. The van der Waals surface area contributed by atoms with E-state index in [2.05, 4.69) is 20.7 Å². The Bertz CT molecular complexity index is 1080. The summed E-state index contributed by atoms with van der Waals surface area (Å²) in [5.41, 5.74) is 5.67. The third-order valence-corrected chi connectivity index (χ3v) is 5.07. The average Bonchev–Trinajstić information content (AvgIpc) is 2.79.